The van der Waals surface area contributed by atoms with Gasteiger partial charge in [0.15, 0.2) is 0 Å². The number of nitrogens with one attached hydrogen (secondary N) is 3. The number of imidazole rings is 1. The number of amides is 1. The number of hydrogen-bond donors (Lipinski definition) is 4. The predicted octanol–water partition coefficient (Wildman–Crippen LogP) is 2.89. The van der Waals surface area contributed by atoms with Gasteiger partial charge in [-0.15, -0.1) is 0 Å². The molecule has 7 heteroatoms. The molecule has 6 nitrogen and oxygen atoms in total. The molecule has 0 aliphatic rings. The Bertz CT molecular complexity index is 943. The standard InChI is InChI=1S/C15H12BrN3O3/c1-7-4-9(13(20)10(16)5-7)14(21)17-8-2-3-11-12(6-8)19-15(22)18-11/h2-6,20H,1H3,(H,17,21)(H2,18,19,22). The average molecular weight is 362 g/mol. The molecule has 0 saturated carbocycles. The maximum Gasteiger partial charge on any atom is 0.323 e. The summed E-state index contributed by atoms with van der Waals surface area (Å²) in [5, 5.41) is 12.7. The van der Waals surface area contributed by atoms with Crippen LogP contribution in [0.5, 0.6) is 5.75 Å². The SMILES string of the molecule is Cc1cc(Br)c(O)c(C(=O)Nc2ccc3[nH]c(=O)[nH]c3c2)c1. The molecule has 0 radical (unpaired) electrons. The van der Waals surface area contributed by atoms with Crippen molar-refractivity contribution in [3.63, 3.8) is 0 Å². The van der Waals surface area contributed by atoms with E-state index in [0.717, 1.165) is 5.56 Å². The van der Waals surface area contributed by atoms with Gasteiger partial charge in [-0.25, -0.2) is 4.79 Å². The molecule has 0 saturated heterocycles. The Balaban J connectivity index is 1.94. The van der Waals surface area contributed by atoms with Crippen LogP contribution in [0.25, 0.3) is 11.0 Å². The summed E-state index contributed by atoms with van der Waals surface area (Å²) in [5.74, 6) is -0.543. The Hall–Kier alpha value is -2.54. The number of hydrogen-bond acceptors (Lipinski definition) is 3. The van der Waals surface area contributed by atoms with Crippen LogP contribution < -0.4 is 11.0 Å². The Morgan fingerprint density at radius 3 is 2.68 bits per heavy atom. The van der Waals surface area contributed by atoms with Gasteiger partial charge in [0.25, 0.3) is 5.91 Å². The van der Waals surface area contributed by atoms with Crippen molar-refractivity contribution in [1.82, 2.24) is 9.97 Å². The molecule has 4 N–H and O–H groups in total. The molecule has 22 heavy (non-hydrogen) atoms. The number of aromatic nitrogens is 2. The molecular weight excluding hydrogens is 350 g/mol. The van der Waals surface area contributed by atoms with Crippen molar-refractivity contribution in [2.75, 3.05) is 5.32 Å². The van der Waals surface area contributed by atoms with Crippen LogP contribution in [0.3, 0.4) is 0 Å². The second kappa shape index (κ2) is 5.34. The summed E-state index contributed by atoms with van der Waals surface area (Å²) in [6.45, 7) is 1.83. The van der Waals surface area contributed by atoms with E-state index >= 15 is 0 Å². The third-order valence-electron chi connectivity index (χ3n) is 3.23. The van der Waals surface area contributed by atoms with E-state index in [-0.39, 0.29) is 17.0 Å². The second-order valence-electron chi connectivity index (χ2n) is 4.94. The fourth-order valence-corrected chi connectivity index (χ4v) is 2.79. The van der Waals surface area contributed by atoms with Gasteiger partial charge in [-0.05, 0) is 58.7 Å². The topological polar surface area (TPSA) is 98.0 Å². The van der Waals surface area contributed by atoms with Crippen molar-refractivity contribution in [1.29, 1.82) is 0 Å². The number of rotatable bonds is 2. The minimum Gasteiger partial charge on any atom is -0.506 e. The van der Waals surface area contributed by atoms with Crippen LogP contribution in [0.1, 0.15) is 15.9 Å². The number of benzene rings is 2. The fraction of sp³-hybridized carbons (Fsp3) is 0.0667. The van der Waals surface area contributed by atoms with Gasteiger partial charge in [0, 0.05) is 5.69 Å². The second-order valence-corrected chi connectivity index (χ2v) is 5.79. The van der Waals surface area contributed by atoms with Crippen LogP contribution in [-0.4, -0.2) is 21.0 Å². The number of halogens is 1. The van der Waals surface area contributed by atoms with Crippen molar-refractivity contribution in [3.05, 3.63) is 56.4 Å². The monoisotopic (exact) mass is 361 g/mol. The zero-order valence-electron chi connectivity index (χ0n) is 11.5. The maximum absolute atomic E-state index is 12.3. The normalized spacial score (nSPS) is 10.8. The van der Waals surface area contributed by atoms with Crippen molar-refractivity contribution >= 4 is 38.6 Å². The lowest BCUT2D eigenvalue weighted by Gasteiger charge is -2.09. The Labute approximate surface area is 133 Å². The molecule has 0 unspecified atom stereocenters. The molecule has 0 atom stereocenters. The third kappa shape index (κ3) is 2.62. The van der Waals surface area contributed by atoms with Crippen LogP contribution in [-0.2, 0) is 0 Å². The van der Waals surface area contributed by atoms with E-state index < -0.39 is 5.91 Å². The molecule has 0 bridgehead atoms. The summed E-state index contributed by atoms with van der Waals surface area (Å²) in [5.41, 5.74) is 2.49. The number of aryl methyl sites for hydroxylation is 1. The first-order valence-corrected chi connectivity index (χ1v) is 7.26. The molecule has 0 aliphatic carbocycles. The molecule has 1 aromatic heterocycles. The van der Waals surface area contributed by atoms with E-state index in [1.165, 1.54) is 0 Å². The zero-order valence-corrected chi connectivity index (χ0v) is 13.1. The number of aromatic amines is 2. The molecule has 0 aliphatic heterocycles. The van der Waals surface area contributed by atoms with Crippen LogP contribution in [0.4, 0.5) is 5.69 Å². The highest BCUT2D eigenvalue weighted by atomic mass is 79.9. The highest BCUT2D eigenvalue weighted by Crippen LogP contribution is 2.30. The van der Waals surface area contributed by atoms with Gasteiger partial charge >= 0.3 is 5.69 Å². The quantitative estimate of drug-likeness (QED) is 0.564. The summed E-state index contributed by atoms with van der Waals surface area (Å²) in [6.07, 6.45) is 0. The molecule has 2 aromatic carbocycles. The zero-order chi connectivity index (χ0) is 15.9. The largest absolute Gasteiger partial charge is 0.506 e. The maximum atomic E-state index is 12.3. The van der Waals surface area contributed by atoms with E-state index in [9.17, 15) is 14.7 Å². The lowest BCUT2D eigenvalue weighted by atomic mass is 10.1. The van der Waals surface area contributed by atoms with Crippen LogP contribution >= 0.6 is 15.9 Å². The van der Waals surface area contributed by atoms with Gasteiger partial charge in [-0.1, -0.05) is 0 Å². The number of fused-ring (bicyclic) bond motifs is 1. The van der Waals surface area contributed by atoms with Gasteiger partial charge < -0.3 is 20.4 Å². The molecule has 0 spiro atoms. The van der Waals surface area contributed by atoms with Crippen LogP contribution in [0.2, 0.25) is 0 Å². The fourth-order valence-electron chi connectivity index (χ4n) is 2.22. The van der Waals surface area contributed by atoms with E-state index in [4.69, 9.17) is 0 Å². The molecule has 0 fully saturated rings. The Morgan fingerprint density at radius 1 is 1.18 bits per heavy atom. The summed E-state index contributed by atoms with van der Waals surface area (Å²) < 4.78 is 0.461. The lowest BCUT2D eigenvalue weighted by molar-refractivity contribution is 0.102. The molecule has 1 amide bonds. The molecule has 3 rings (SSSR count). The number of phenolic OH excluding ortho intramolecular Hbond substituents is 1. The van der Waals surface area contributed by atoms with E-state index in [1.54, 1.807) is 30.3 Å². The minimum atomic E-state index is -0.431. The summed E-state index contributed by atoms with van der Waals surface area (Å²) in [6, 6.07) is 8.34. The van der Waals surface area contributed by atoms with Crippen LogP contribution in [0.15, 0.2) is 39.6 Å². The van der Waals surface area contributed by atoms with Gasteiger partial charge in [0.1, 0.15) is 5.75 Å². The van der Waals surface area contributed by atoms with E-state index in [1.807, 2.05) is 6.92 Å². The first kappa shape index (κ1) is 14.4. The van der Waals surface area contributed by atoms with Crippen molar-refractivity contribution < 1.29 is 9.90 Å². The van der Waals surface area contributed by atoms with Crippen molar-refractivity contribution in [3.8, 4) is 5.75 Å². The first-order chi connectivity index (χ1) is 10.4. The van der Waals surface area contributed by atoms with E-state index in [0.29, 0.717) is 21.2 Å². The third-order valence-corrected chi connectivity index (χ3v) is 3.83. The van der Waals surface area contributed by atoms with Gasteiger partial charge in [0.2, 0.25) is 0 Å². The molecule has 1 heterocycles. The van der Waals surface area contributed by atoms with Crippen molar-refractivity contribution in [2.24, 2.45) is 0 Å². The number of aromatic hydroxyl groups is 1. The summed E-state index contributed by atoms with van der Waals surface area (Å²) in [7, 11) is 0. The highest BCUT2D eigenvalue weighted by molar-refractivity contribution is 9.10. The van der Waals surface area contributed by atoms with Crippen molar-refractivity contribution in [2.45, 2.75) is 6.92 Å². The Kier molecular flexibility index (Phi) is 3.50. The molecular formula is C15H12BrN3O3. The van der Waals surface area contributed by atoms with E-state index in [2.05, 4.69) is 31.2 Å². The summed E-state index contributed by atoms with van der Waals surface area (Å²) >= 11 is 3.21. The van der Waals surface area contributed by atoms with Crippen LogP contribution in [0, 0.1) is 6.92 Å². The molecule has 3 aromatic rings. The smallest absolute Gasteiger partial charge is 0.323 e. The van der Waals surface area contributed by atoms with Gasteiger partial charge in [0.05, 0.1) is 21.1 Å². The number of H-pyrrole nitrogens is 2. The molecule has 112 valence electrons. The number of anilines is 1. The van der Waals surface area contributed by atoms with Gasteiger partial charge in [-0.2, -0.15) is 0 Å². The lowest BCUT2D eigenvalue weighted by Crippen LogP contribution is -2.12. The Morgan fingerprint density at radius 2 is 1.91 bits per heavy atom. The first-order valence-electron chi connectivity index (χ1n) is 6.46. The highest BCUT2D eigenvalue weighted by Gasteiger charge is 2.15. The number of phenols is 1. The average Bonchev–Trinajstić information content (AvgIpc) is 2.82. The minimum absolute atomic E-state index is 0.112. The predicted molar refractivity (Wildman–Crippen MR) is 87.4 cm³/mol. The summed E-state index contributed by atoms with van der Waals surface area (Å²) in [4.78, 5) is 28.8. The number of carbonyl (C=O) groups excluding carboxylic acids is 1. The van der Waals surface area contributed by atoms with Gasteiger partial charge in [-0.3, -0.25) is 4.79 Å². The number of carbonyl (C=O) groups is 1.